The lowest BCUT2D eigenvalue weighted by Gasteiger charge is -2.24. The van der Waals surface area contributed by atoms with E-state index in [4.69, 9.17) is 0 Å². The summed E-state index contributed by atoms with van der Waals surface area (Å²) < 4.78 is 24.7. The third kappa shape index (κ3) is 3.48. The largest absolute Gasteiger partial charge is 0.307 e. The summed E-state index contributed by atoms with van der Waals surface area (Å²) in [6.07, 6.45) is 0. The number of anilines is 1. The molecule has 0 N–H and O–H groups in total. The Morgan fingerprint density at radius 1 is 1.08 bits per heavy atom. The van der Waals surface area contributed by atoms with Crippen LogP contribution >= 0.6 is 0 Å². The SMILES string of the molecule is CCN(C(=O)c1ccc(C)nc1C)c1ccccc1S(=O)(=O)CC. The van der Waals surface area contributed by atoms with Gasteiger partial charge in [0.2, 0.25) is 0 Å². The molecule has 1 heterocycles. The second-order valence-corrected chi connectivity index (χ2v) is 7.75. The van der Waals surface area contributed by atoms with Crippen LogP contribution in [0.3, 0.4) is 0 Å². The van der Waals surface area contributed by atoms with E-state index in [9.17, 15) is 13.2 Å². The van der Waals surface area contributed by atoms with E-state index in [1.807, 2.05) is 13.8 Å². The molecule has 0 aliphatic carbocycles. The number of benzene rings is 1. The van der Waals surface area contributed by atoms with Gasteiger partial charge in [0.25, 0.3) is 5.91 Å². The van der Waals surface area contributed by atoms with Gasteiger partial charge < -0.3 is 4.90 Å². The minimum Gasteiger partial charge on any atom is -0.307 e. The van der Waals surface area contributed by atoms with Crippen LogP contribution in [0.4, 0.5) is 5.69 Å². The van der Waals surface area contributed by atoms with Crippen molar-refractivity contribution < 1.29 is 13.2 Å². The first-order valence-electron chi connectivity index (χ1n) is 7.89. The van der Waals surface area contributed by atoms with Crippen LogP contribution in [-0.2, 0) is 9.84 Å². The zero-order chi connectivity index (χ0) is 17.9. The zero-order valence-corrected chi connectivity index (χ0v) is 15.2. The summed E-state index contributed by atoms with van der Waals surface area (Å²) in [7, 11) is -3.43. The molecular weight excluding hydrogens is 324 g/mol. The van der Waals surface area contributed by atoms with Gasteiger partial charge in [-0.2, -0.15) is 0 Å². The molecule has 0 aliphatic heterocycles. The summed E-state index contributed by atoms with van der Waals surface area (Å²) in [6.45, 7) is 7.43. The number of aromatic nitrogens is 1. The first kappa shape index (κ1) is 18.1. The smallest absolute Gasteiger partial charge is 0.260 e. The summed E-state index contributed by atoms with van der Waals surface area (Å²) in [6, 6.07) is 10.1. The van der Waals surface area contributed by atoms with Gasteiger partial charge in [-0.25, -0.2) is 8.42 Å². The van der Waals surface area contributed by atoms with Gasteiger partial charge in [-0.3, -0.25) is 9.78 Å². The number of pyridine rings is 1. The number of rotatable bonds is 5. The Hall–Kier alpha value is -2.21. The molecule has 0 spiro atoms. The topological polar surface area (TPSA) is 67.3 Å². The van der Waals surface area contributed by atoms with Crippen LogP contribution in [0.15, 0.2) is 41.3 Å². The second kappa shape index (κ2) is 7.13. The average Bonchev–Trinajstić information content (AvgIpc) is 2.55. The molecule has 1 amide bonds. The van der Waals surface area contributed by atoms with Crippen LogP contribution in [0.5, 0.6) is 0 Å². The maximum absolute atomic E-state index is 13.0. The van der Waals surface area contributed by atoms with Crippen LogP contribution in [0, 0.1) is 13.8 Å². The normalized spacial score (nSPS) is 11.3. The van der Waals surface area contributed by atoms with Crippen LogP contribution in [-0.4, -0.2) is 31.6 Å². The first-order valence-corrected chi connectivity index (χ1v) is 9.55. The van der Waals surface area contributed by atoms with Crippen LogP contribution in [0.25, 0.3) is 0 Å². The Bertz CT molecular complexity index is 860. The molecular formula is C18H22N2O3S. The Kier molecular flexibility index (Phi) is 5.39. The fourth-order valence-corrected chi connectivity index (χ4v) is 3.67. The highest BCUT2D eigenvalue weighted by Gasteiger charge is 2.25. The van der Waals surface area contributed by atoms with Crippen molar-refractivity contribution in [2.75, 3.05) is 17.2 Å². The molecule has 0 atom stereocenters. The highest BCUT2D eigenvalue weighted by Crippen LogP contribution is 2.27. The van der Waals surface area contributed by atoms with Crippen molar-refractivity contribution in [3.05, 3.63) is 53.3 Å². The van der Waals surface area contributed by atoms with Crippen molar-refractivity contribution in [3.8, 4) is 0 Å². The lowest BCUT2D eigenvalue weighted by atomic mass is 10.1. The molecule has 1 aromatic carbocycles. The summed E-state index contributed by atoms with van der Waals surface area (Å²) in [5.74, 6) is -0.262. The minimum atomic E-state index is -3.43. The molecule has 24 heavy (non-hydrogen) atoms. The Labute approximate surface area is 143 Å². The fraction of sp³-hybridized carbons (Fsp3) is 0.333. The lowest BCUT2D eigenvalue weighted by Crippen LogP contribution is -2.32. The molecule has 0 bridgehead atoms. The molecule has 2 rings (SSSR count). The summed E-state index contributed by atoms with van der Waals surface area (Å²) in [4.78, 5) is 19.0. The fourth-order valence-electron chi connectivity index (χ4n) is 2.58. The second-order valence-electron chi connectivity index (χ2n) is 5.51. The number of hydrogen-bond acceptors (Lipinski definition) is 4. The molecule has 1 aromatic heterocycles. The summed E-state index contributed by atoms with van der Waals surface area (Å²) >= 11 is 0. The lowest BCUT2D eigenvalue weighted by molar-refractivity contribution is 0.0987. The Morgan fingerprint density at radius 2 is 1.75 bits per heavy atom. The van der Waals surface area contributed by atoms with E-state index in [0.29, 0.717) is 23.5 Å². The van der Waals surface area contributed by atoms with E-state index in [0.717, 1.165) is 5.69 Å². The number of sulfone groups is 1. The molecule has 0 aliphatic rings. The minimum absolute atomic E-state index is 0.0130. The van der Waals surface area contributed by atoms with Crippen molar-refractivity contribution in [1.82, 2.24) is 4.98 Å². The van der Waals surface area contributed by atoms with E-state index in [1.165, 1.54) is 4.90 Å². The van der Waals surface area contributed by atoms with Crippen molar-refractivity contribution >= 4 is 21.4 Å². The van der Waals surface area contributed by atoms with Gasteiger partial charge in [-0.1, -0.05) is 19.1 Å². The number of amides is 1. The zero-order valence-electron chi connectivity index (χ0n) is 14.4. The summed E-state index contributed by atoms with van der Waals surface area (Å²) in [5.41, 5.74) is 2.35. The first-order chi connectivity index (χ1) is 11.3. The predicted molar refractivity (Wildman–Crippen MR) is 95.2 cm³/mol. The molecule has 0 unspecified atom stereocenters. The molecule has 5 nitrogen and oxygen atoms in total. The molecule has 0 saturated heterocycles. The quantitative estimate of drug-likeness (QED) is 0.834. The molecule has 0 saturated carbocycles. The van der Waals surface area contributed by atoms with Gasteiger partial charge in [0.1, 0.15) is 0 Å². The number of hydrogen-bond donors (Lipinski definition) is 0. The highest BCUT2D eigenvalue weighted by atomic mass is 32.2. The van der Waals surface area contributed by atoms with Gasteiger partial charge in [0.05, 0.1) is 27.6 Å². The van der Waals surface area contributed by atoms with Gasteiger partial charge in [0.15, 0.2) is 9.84 Å². The Morgan fingerprint density at radius 3 is 2.33 bits per heavy atom. The predicted octanol–water partition coefficient (Wildman–Crippen LogP) is 3.16. The van der Waals surface area contributed by atoms with Gasteiger partial charge in [-0.05, 0) is 45.0 Å². The summed E-state index contributed by atoms with van der Waals surface area (Å²) in [5, 5.41) is 0. The number of nitrogens with zero attached hydrogens (tertiary/aromatic N) is 2. The van der Waals surface area contributed by atoms with Crippen molar-refractivity contribution in [3.63, 3.8) is 0 Å². The third-order valence-electron chi connectivity index (χ3n) is 3.89. The van der Waals surface area contributed by atoms with Gasteiger partial charge in [0, 0.05) is 12.2 Å². The third-order valence-corrected chi connectivity index (χ3v) is 5.66. The molecule has 6 heteroatoms. The van der Waals surface area contributed by atoms with Gasteiger partial charge >= 0.3 is 0 Å². The maximum atomic E-state index is 13.0. The molecule has 0 fully saturated rings. The number of para-hydroxylation sites is 1. The van der Waals surface area contributed by atoms with Crippen LogP contribution in [0.1, 0.15) is 35.6 Å². The van der Waals surface area contributed by atoms with Crippen molar-refractivity contribution in [1.29, 1.82) is 0 Å². The van der Waals surface area contributed by atoms with Crippen LogP contribution in [0.2, 0.25) is 0 Å². The average molecular weight is 346 g/mol. The monoisotopic (exact) mass is 346 g/mol. The molecule has 2 aromatic rings. The van der Waals surface area contributed by atoms with E-state index in [-0.39, 0.29) is 16.6 Å². The van der Waals surface area contributed by atoms with E-state index in [2.05, 4.69) is 4.98 Å². The van der Waals surface area contributed by atoms with Crippen molar-refractivity contribution in [2.24, 2.45) is 0 Å². The number of carbonyl (C=O) groups is 1. The standard InChI is InChI=1S/C18H22N2O3S/c1-5-20(18(21)15-12-11-13(3)19-14(15)4)16-9-7-8-10-17(16)24(22,23)6-2/h7-12H,5-6H2,1-4H3. The number of aryl methyl sites for hydroxylation is 2. The van der Waals surface area contributed by atoms with Gasteiger partial charge in [-0.15, -0.1) is 0 Å². The highest BCUT2D eigenvalue weighted by molar-refractivity contribution is 7.91. The van der Waals surface area contributed by atoms with Crippen LogP contribution < -0.4 is 4.90 Å². The van der Waals surface area contributed by atoms with Crippen molar-refractivity contribution in [2.45, 2.75) is 32.6 Å². The van der Waals surface area contributed by atoms with E-state index >= 15 is 0 Å². The van der Waals surface area contributed by atoms with E-state index in [1.54, 1.807) is 50.2 Å². The van der Waals surface area contributed by atoms with E-state index < -0.39 is 9.84 Å². The Balaban J connectivity index is 2.55. The molecule has 128 valence electrons. The maximum Gasteiger partial charge on any atom is 0.260 e. The number of carbonyl (C=O) groups excluding carboxylic acids is 1. The molecule has 0 radical (unpaired) electrons.